The number of anilines is 2. The summed E-state index contributed by atoms with van der Waals surface area (Å²) < 4.78 is 19.0. The van der Waals surface area contributed by atoms with E-state index < -0.39 is 0 Å². The fourth-order valence-corrected chi connectivity index (χ4v) is 2.91. The number of halogens is 1. The Morgan fingerprint density at radius 1 is 1.04 bits per heavy atom. The predicted octanol–water partition coefficient (Wildman–Crippen LogP) is 2.05. The molecule has 0 aromatic heterocycles. The van der Waals surface area contributed by atoms with E-state index in [1.807, 2.05) is 12.1 Å². The molecule has 0 atom stereocenters. The van der Waals surface area contributed by atoms with Crippen LogP contribution in [0.2, 0.25) is 0 Å². The van der Waals surface area contributed by atoms with Crippen LogP contribution in [0.3, 0.4) is 0 Å². The van der Waals surface area contributed by atoms with Crippen molar-refractivity contribution < 1.29 is 14.0 Å². The minimum absolute atomic E-state index is 0.328. The van der Waals surface area contributed by atoms with Crippen LogP contribution in [0, 0.1) is 5.82 Å². The van der Waals surface area contributed by atoms with Gasteiger partial charge < -0.3 is 20.3 Å². The van der Waals surface area contributed by atoms with Crippen LogP contribution < -0.4 is 15.5 Å². The molecule has 0 aliphatic carbocycles. The SMILES string of the molecule is Fc1ccccc1NC(=S)Nc1ccc(C[NH+]2CCOCC2)cc1. The minimum atomic E-state index is -0.328. The minimum Gasteiger partial charge on any atom is -0.370 e. The van der Waals surface area contributed by atoms with Gasteiger partial charge in [-0.15, -0.1) is 0 Å². The molecule has 0 bridgehead atoms. The van der Waals surface area contributed by atoms with Crippen molar-refractivity contribution in [3.63, 3.8) is 0 Å². The van der Waals surface area contributed by atoms with Gasteiger partial charge >= 0.3 is 0 Å². The smallest absolute Gasteiger partial charge is 0.175 e. The molecule has 24 heavy (non-hydrogen) atoms. The molecule has 1 heterocycles. The average molecular weight is 346 g/mol. The molecule has 6 heteroatoms. The number of para-hydroxylation sites is 1. The molecule has 2 aromatic rings. The zero-order chi connectivity index (χ0) is 16.8. The molecule has 1 aliphatic rings. The van der Waals surface area contributed by atoms with Crippen molar-refractivity contribution in [1.29, 1.82) is 0 Å². The van der Waals surface area contributed by atoms with Gasteiger partial charge in [-0.25, -0.2) is 4.39 Å². The van der Waals surface area contributed by atoms with Crippen LogP contribution in [0.25, 0.3) is 0 Å². The Morgan fingerprint density at radius 3 is 2.46 bits per heavy atom. The van der Waals surface area contributed by atoms with E-state index in [0.717, 1.165) is 38.5 Å². The maximum atomic E-state index is 13.6. The zero-order valence-electron chi connectivity index (χ0n) is 13.3. The highest BCUT2D eigenvalue weighted by atomic mass is 32.1. The average Bonchev–Trinajstić information content (AvgIpc) is 2.60. The number of ether oxygens (including phenoxy) is 1. The first-order valence-electron chi connectivity index (χ1n) is 8.03. The summed E-state index contributed by atoms with van der Waals surface area (Å²) in [6, 6.07) is 14.6. The van der Waals surface area contributed by atoms with Crippen LogP contribution in [0.4, 0.5) is 15.8 Å². The summed E-state index contributed by atoms with van der Waals surface area (Å²) in [7, 11) is 0. The Morgan fingerprint density at radius 2 is 1.75 bits per heavy atom. The van der Waals surface area contributed by atoms with Crippen LogP contribution in [-0.4, -0.2) is 31.4 Å². The van der Waals surface area contributed by atoms with E-state index in [-0.39, 0.29) is 5.82 Å². The molecule has 3 rings (SSSR count). The number of nitrogens with one attached hydrogen (secondary N) is 3. The molecule has 0 radical (unpaired) electrons. The zero-order valence-corrected chi connectivity index (χ0v) is 14.2. The Labute approximate surface area is 146 Å². The van der Waals surface area contributed by atoms with Gasteiger partial charge in [-0.05, 0) is 36.5 Å². The standard InChI is InChI=1S/C18H20FN3OS/c19-16-3-1-2-4-17(16)21-18(24)20-15-7-5-14(6-8-15)13-22-9-11-23-12-10-22/h1-8H,9-13H2,(H2,20,21,24)/p+1. The van der Waals surface area contributed by atoms with Crippen molar-refractivity contribution in [3.05, 3.63) is 59.9 Å². The largest absolute Gasteiger partial charge is 0.370 e. The Balaban J connectivity index is 1.53. The summed E-state index contributed by atoms with van der Waals surface area (Å²) in [4.78, 5) is 1.54. The highest BCUT2D eigenvalue weighted by Gasteiger charge is 2.14. The first kappa shape index (κ1) is 16.8. The molecule has 4 nitrogen and oxygen atoms in total. The molecular formula is C18H21FN3OS+. The number of hydrogen-bond acceptors (Lipinski definition) is 2. The topological polar surface area (TPSA) is 37.7 Å². The first-order valence-corrected chi connectivity index (χ1v) is 8.44. The molecule has 0 unspecified atom stereocenters. The first-order chi connectivity index (χ1) is 11.7. The fraction of sp³-hybridized carbons (Fsp3) is 0.278. The van der Waals surface area contributed by atoms with E-state index in [1.54, 1.807) is 23.1 Å². The van der Waals surface area contributed by atoms with Gasteiger partial charge in [0.25, 0.3) is 0 Å². The number of quaternary nitrogens is 1. The van der Waals surface area contributed by atoms with E-state index >= 15 is 0 Å². The van der Waals surface area contributed by atoms with Crippen molar-refractivity contribution >= 4 is 28.7 Å². The van der Waals surface area contributed by atoms with Gasteiger partial charge in [0, 0.05) is 11.3 Å². The summed E-state index contributed by atoms with van der Waals surface area (Å²) >= 11 is 5.23. The third kappa shape index (κ3) is 4.74. The van der Waals surface area contributed by atoms with Crippen molar-refractivity contribution in [2.75, 3.05) is 36.9 Å². The quantitative estimate of drug-likeness (QED) is 0.741. The predicted molar refractivity (Wildman–Crippen MR) is 97.9 cm³/mol. The fourth-order valence-electron chi connectivity index (χ4n) is 2.68. The summed E-state index contributed by atoms with van der Waals surface area (Å²) in [5.74, 6) is -0.328. The van der Waals surface area contributed by atoms with Crippen molar-refractivity contribution in [3.8, 4) is 0 Å². The molecule has 126 valence electrons. The molecule has 0 spiro atoms. The summed E-state index contributed by atoms with van der Waals surface area (Å²) in [6.07, 6.45) is 0. The molecule has 1 saturated heterocycles. The van der Waals surface area contributed by atoms with E-state index in [4.69, 9.17) is 17.0 Å². The number of hydrogen-bond donors (Lipinski definition) is 3. The van der Waals surface area contributed by atoms with Crippen molar-refractivity contribution in [2.45, 2.75) is 6.54 Å². The lowest BCUT2D eigenvalue weighted by Crippen LogP contribution is -3.12. The Hall–Kier alpha value is -2.02. The van der Waals surface area contributed by atoms with Gasteiger partial charge in [0.1, 0.15) is 25.5 Å². The molecule has 1 aliphatic heterocycles. The molecule has 1 fully saturated rings. The summed E-state index contributed by atoms with van der Waals surface area (Å²) in [5, 5.41) is 6.31. The molecule has 0 saturated carbocycles. The van der Waals surface area contributed by atoms with Crippen LogP contribution >= 0.6 is 12.2 Å². The monoisotopic (exact) mass is 346 g/mol. The second-order valence-corrected chi connectivity index (χ2v) is 6.20. The van der Waals surface area contributed by atoms with E-state index in [2.05, 4.69) is 22.8 Å². The van der Waals surface area contributed by atoms with Crippen LogP contribution in [0.15, 0.2) is 48.5 Å². The van der Waals surface area contributed by atoms with E-state index in [0.29, 0.717) is 10.8 Å². The van der Waals surface area contributed by atoms with E-state index in [9.17, 15) is 4.39 Å². The van der Waals surface area contributed by atoms with E-state index in [1.165, 1.54) is 11.6 Å². The van der Waals surface area contributed by atoms with Crippen LogP contribution in [-0.2, 0) is 11.3 Å². The summed E-state index contributed by atoms with van der Waals surface area (Å²) in [6.45, 7) is 4.78. The van der Waals surface area contributed by atoms with Gasteiger partial charge in [0.15, 0.2) is 5.11 Å². The van der Waals surface area contributed by atoms with Crippen molar-refractivity contribution in [2.24, 2.45) is 0 Å². The number of morpholine rings is 1. The Bertz CT molecular complexity index is 687. The lowest BCUT2D eigenvalue weighted by molar-refractivity contribution is -0.921. The number of thiocarbonyl (C=S) groups is 1. The third-order valence-electron chi connectivity index (χ3n) is 3.99. The van der Waals surface area contributed by atoms with Crippen molar-refractivity contribution in [1.82, 2.24) is 0 Å². The lowest BCUT2D eigenvalue weighted by Gasteiger charge is -2.23. The molecule has 2 aromatic carbocycles. The van der Waals surface area contributed by atoms with Gasteiger partial charge in [0.2, 0.25) is 0 Å². The van der Waals surface area contributed by atoms with Crippen LogP contribution in [0.5, 0.6) is 0 Å². The maximum absolute atomic E-state index is 13.6. The molecular weight excluding hydrogens is 325 g/mol. The number of rotatable bonds is 4. The second kappa shape index (κ2) is 8.19. The van der Waals surface area contributed by atoms with Gasteiger partial charge in [-0.1, -0.05) is 24.3 Å². The van der Waals surface area contributed by atoms with Gasteiger partial charge in [-0.3, -0.25) is 0 Å². The highest BCUT2D eigenvalue weighted by molar-refractivity contribution is 7.80. The van der Waals surface area contributed by atoms with Crippen LogP contribution in [0.1, 0.15) is 5.56 Å². The van der Waals surface area contributed by atoms with Gasteiger partial charge in [-0.2, -0.15) is 0 Å². The molecule has 0 amide bonds. The highest BCUT2D eigenvalue weighted by Crippen LogP contribution is 2.14. The Kier molecular flexibility index (Phi) is 5.74. The third-order valence-corrected chi connectivity index (χ3v) is 4.19. The molecule has 3 N–H and O–H groups in total. The number of benzene rings is 2. The summed E-state index contributed by atoms with van der Waals surface area (Å²) in [5.41, 5.74) is 2.53. The maximum Gasteiger partial charge on any atom is 0.175 e. The lowest BCUT2D eigenvalue weighted by atomic mass is 10.2. The second-order valence-electron chi connectivity index (χ2n) is 5.80. The normalized spacial score (nSPS) is 15.0. The van der Waals surface area contributed by atoms with Gasteiger partial charge in [0.05, 0.1) is 18.9 Å².